The Labute approximate surface area is 162 Å². The zero-order valence-corrected chi connectivity index (χ0v) is 15.9. The number of ether oxygens (including phenoxy) is 1. The summed E-state index contributed by atoms with van der Waals surface area (Å²) in [7, 11) is 1.30. The van der Waals surface area contributed by atoms with Crippen molar-refractivity contribution in [1.82, 2.24) is 15.5 Å². The Hall–Kier alpha value is -2.19. The highest BCUT2D eigenvalue weighted by Crippen LogP contribution is 2.23. The van der Waals surface area contributed by atoms with E-state index in [-0.39, 0.29) is 42.2 Å². The fraction of sp³-hybridized carbons (Fsp3) is 0.500. The van der Waals surface area contributed by atoms with E-state index >= 15 is 0 Å². The summed E-state index contributed by atoms with van der Waals surface area (Å²) in [5.74, 6) is -1.38. The Kier molecular flexibility index (Phi) is 7.99. The molecule has 2 amide bonds. The molecular weight excluding hydrogens is 377 g/mol. The lowest BCUT2D eigenvalue weighted by atomic mass is 10.1. The fourth-order valence-corrected chi connectivity index (χ4v) is 3.09. The van der Waals surface area contributed by atoms with Gasteiger partial charge in [-0.1, -0.05) is 17.7 Å². The van der Waals surface area contributed by atoms with Crippen LogP contribution in [0.1, 0.15) is 24.8 Å². The highest BCUT2D eigenvalue weighted by Gasteiger charge is 2.32. The molecule has 0 radical (unpaired) electrons. The number of hydrogen-bond donors (Lipinski definition) is 2. The van der Waals surface area contributed by atoms with E-state index in [4.69, 9.17) is 11.6 Å². The molecule has 1 fully saturated rings. The number of nitrogens with zero attached hydrogens (tertiary/aromatic N) is 1. The van der Waals surface area contributed by atoms with Crippen molar-refractivity contribution in [1.29, 1.82) is 0 Å². The van der Waals surface area contributed by atoms with Crippen LogP contribution in [0.4, 0.5) is 4.39 Å². The second-order valence-electron chi connectivity index (χ2n) is 6.21. The van der Waals surface area contributed by atoms with Crippen molar-refractivity contribution in [3.8, 4) is 0 Å². The van der Waals surface area contributed by atoms with E-state index in [1.165, 1.54) is 19.2 Å². The Morgan fingerprint density at radius 3 is 2.93 bits per heavy atom. The summed E-state index contributed by atoms with van der Waals surface area (Å²) in [6.45, 7) is 1.35. The number of rotatable bonds is 8. The number of amides is 2. The average Bonchev–Trinajstić information content (AvgIpc) is 2.64. The van der Waals surface area contributed by atoms with Crippen LogP contribution in [0.15, 0.2) is 18.2 Å². The van der Waals surface area contributed by atoms with Gasteiger partial charge in [0.05, 0.1) is 19.6 Å². The van der Waals surface area contributed by atoms with Crippen molar-refractivity contribution in [2.75, 3.05) is 26.7 Å². The zero-order valence-electron chi connectivity index (χ0n) is 15.1. The highest BCUT2D eigenvalue weighted by atomic mass is 35.5. The number of piperazine rings is 1. The summed E-state index contributed by atoms with van der Waals surface area (Å²) in [6.07, 6.45) is 0.596. The summed E-state index contributed by atoms with van der Waals surface area (Å²) in [5, 5.41) is 5.69. The van der Waals surface area contributed by atoms with Gasteiger partial charge in [0, 0.05) is 43.2 Å². The Balaban J connectivity index is 1.94. The normalized spacial score (nSPS) is 17.3. The van der Waals surface area contributed by atoms with Crippen LogP contribution in [-0.2, 0) is 25.7 Å². The van der Waals surface area contributed by atoms with Crippen LogP contribution < -0.4 is 10.6 Å². The van der Waals surface area contributed by atoms with Crippen LogP contribution in [0.5, 0.6) is 0 Å². The maximum absolute atomic E-state index is 14.1. The summed E-state index contributed by atoms with van der Waals surface area (Å²) in [4.78, 5) is 37.2. The quantitative estimate of drug-likeness (QED) is 0.507. The zero-order chi connectivity index (χ0) is 19.8. The fourth-order valence-electron chi connectivity index (χ4n) is 2.87. The number of carbonyl (C=O) groups excluding carboxylic acids is 3. The van der Waals surface area contributed by atoms with E-state index in [9.17, 15) is 18.8 Å². The molecule has 0 bridgehead atoms. The molecule has 0 spiro atoms. The molecule has 1 aromatic carbocycles. The second-order valence-corrected chi connectivity index (χ2v) is 6.62. The number of methoxy groups -OCH3 is 1. The molecule has 7 nitrogen and oxygen atoms in total. The number of nitrogens with one attached hydrogen (secondary N) is 2. The number of esters is 1. The van der Waals surface area contributed by atoms with Crippen molar-refractivity contribution < 1.29 is 23.5 Å². The summed E-state index contributed by atoms with van der Waals surface area (Å²) in [5.41, 5.74) is 0.303. The smallest absolute Gasteiger partial charge is 0.305 e. The van der Waals surface area contributed by atoms with Gasteiger partial charge in [-0.3, -0.25) is 19.3 Å². The average molecular weight is 400 g/mol. The van der Waals surface area contributed by atoms with Crippen molar-refractivity contribution >= 4 is 29.4 Å². The third-order valence-electron chi connectivity index (χ3n) is 4.35. The maximum atomic E-state index is 14.1. The molecule has 2 rings (SSSR count). The molecule has 27 heavy (non-hydrogen) atoms. The van der Waals surface area contributed by atoms with E-state index in [0.717, 1.165) is 0 Å². The van der Waals surface area contributed by atoms with Crippen molar-refractivity contribution in [2.24, 2.45) is 0 Å². The van der Waals surface area contributed by atoms with Crippen molar-refractivity contribution in [2.45, 2.75) is 31.8 Å². The molecule has 148 valence electrons. The predicted octanol–water partition coefficient (Wildman–Crippen LogP) is 1.24. The van der Waals surface area contributed by atoms with Gasteiger partial charge in [-0.2, -0.15) is 0 Å². The summed E-state index contributed by atoms with van der Waals surface area (Å²) >= 11 is 6.08. The Morgan fingerprint density at radius 2 is 2.22 bits per heavy atom. The number of halogens is 2. The van der Waals surface area contributed by atoms with Gasteiger partial charge in [0.15, 0.2) is 0 Å². The molecule has 1 atom stereocenters. The van der Waals surface area contributed by atoms with E-state index in [1.807, 2.05) is 0 Å². The molecular formula is C18H23ClFN3O4. The molecule has 1 aromatic rings. The molecule has 0 aliphatic carbocycles. The van der Waals surface area contributed by atoms with Crippen molar-refractivity contribution in [3.63, 3.8) is 0 Å². The second kappa shape index (κ2) is 10.2. The van der Waals surface area contributed by atoms with Crippen LogP contribution in [-0.4, -0.2) is 55.5 Å². The Morgan fingerprint density at radius 1 is 1.44 bits per heavy atom. The standard InChI is InChI=1S/C18H23ClFN3O4/c1-27-17(25)6-3-7-21-16(24)10-15-18(26)22-8-9-23(15)11-12-13(19)4-2-5-14(12)20/h2,4-5,15H,3,6-11H2,1H3,(H,21,24)(H,22,26). The minimum atomic E-state index is -0.713. The van der Waals surface area contributed by atoms with Gasteiger partial charge in [0.2, 0.25) is 11.8 Å². The predicted molar refractivity (Wildman–Crippen MR) is 97.5 cm³/mol. The SMILES string of the molecule is COC(=O)CCCNC(=O)CC1C(=O)NCCN1Cc1c(F)cccc1Cl. The van der Waals surface area contributed by atoms with Crippen LogP contribution in [0.3, 0.4) is 0 Å². The number of hydrogen-bond acceptors (Lipinski definition) is 5. The lowest BCUT2D eigenvalue weighted by Crippen LogP contribution is -2.56. The van der Waals surface area contributed by atoms with Gasteiger partial charge in [-0.05, 0) is 18.6 Å². The minimum absolute atomic E-state index is 0.0594. The third-order valence-corrected chi connectivity index (χ3v) is 4.70. The monoisotopic (exact) mass is 399 g/mol. The van der Waals surface area contributed by atoms with E-state index in [0.29, 0.717) is 31.6 Å². The van der Waals surface area contributed by atoms with E-state index in [2.05, 4.69) is 15.4 Å². The van der Waals surface area contributed by atoms with E-state index in [1.54, 1.807) is 11.0 Å². The van der Waals surface area contributed by atoms with Crippen LogP contribution in [0, 0.1) is 5.82 Å². The third kappa shape index (κ3) is 6.18. The van der Waals surface area contributed by atoms with Gasteiger partial charge in [0.1, 0.15) is 5.82 Å². The van der Waals surface area contributed by atoms with Crippen molar-refractivity contribution in [3.05, 3.63) is 34.6 Å². The van der Waals surface area contributed by atoms with Gasteiger partial charge < -0.3 is 15.4 Å². The molecule has 1 unspecified atom stereocenters. The Bertz CT molecular complexity index is 681. The first kappa shape index (κ1) is 21.1. The van der Waals surface area contributed by atoms with E-state index < -0.39 is 11.9 Å². The molecule has 1 saturated heterocycles. The topological polar surface area (TPSA) is 87.7 Å². The molecule has 2 N–H and O–H groups in total. The number of carbonyl (C=O) groups is 3. The molecule has 1 heterocycles. The summed E-state index contributed by atoms with van der Waals surface area (Å²) < 4.78 is 18.6. The largest absolute Gasteiger partial charge is 0.469 e. The van der Waals surface area contributed by atoms with Gasteiger partial charge in [-0.15, -0.1) is 0 Å². The summed E-state index contributed by atoms with van der Waals surface area (Å²) in [6, 6.07) is 3.71. The first-order valence-corrected chi connectivity index (χ1v) is 9.08. The highest BCUT2D eigenvalue weighted by molar-refractivity contribution is 6.31. The van der Waals surface area contributed by atoms with Crippen LogP contribution in [0.25, 0.3) is 0 Å². The van der Waals surface area contributed by atoms with Crippen LogP contribution >= 0.6 is 11.6 Å². The lowest BCUT2D eigenvalue weighted by molar-refractivity contribution is -0.140. The molecule has 0 saturated carbocycles. The number of benzene rings is 1. The first-order chi connectivity index (χ1) is 12.9. The first-order valence-electron chi connectivity index (χ1n) is 8.70. The van der Waals surface area contributed by atoms with Crippen LogP contribution in [0.2, 0.25) is 5.02 Å². The van der Waals surface area contributed by atoms with Gasteiger partial charge in [-0.25, -0.2) is 4.39 Å². The maximum Gasteiger partial charge on any atom is 0.305 e. The molecule has 1 aliphatic rings. The van der Waals surface area contributed by atoms with Gasteiger partial charge >= 0.3 is 5.97 Å². The van der Waals surface area contributed by atoms with Gasteiger partial charge in [0.25, 0.3) is 0 Å². The molecule has 9 heteroatoms. The molecule has 1 aliphatic heterocycles. The lowest BCUT2D eigenvalue weighted by Gasteiger charge is -2.35. The minimum Gasteiger partial charge on any atom is -0.469 e. The molecule has 0 aromatic heterocycles.